The van der Waals surface area contributed by atoms with Gasteiger partial charge in [-0.3, -0.25) is 9.59 Å². The van der Waals surface area contributed by atoms with Crippen LogP contribution < -0.4 is 4.90 Å². The molecule has 0 saturated heterocycles. The van der Waals surface area contributed by atoms with Gasteiger partial charge in [0.05, 0.1) is 16.8 Å². The maximum Gasteiger partial charge on any atom is 0.267 e. The number of anilines is 1. The van der Waals surface area contributed by atoms with E-state index < -0.39 is 0 Å². The molecule has 2 aliphatic carbocycles. The number of hydrogen-bond donors (Lipinski definition) is 0. The monoisotopic (exact) mass is 349 g/mol. The number of nitrogens with zero attached hydrogens (tertiary/aromatic N) is 3. The Morgan fingerprint density at radius 1 is 0.923 bits per heavy atom. The summed E-state index contributed by atoms with van der Waals surface area (Å²) in [5.74, 6) is 1.29. The minimum absolute atomic E-state index is 0.224. The predicted octanol–water partition coefficient (Wildman–Crippen LogP) is 4.14. The van der Waals surface area contributed by atoms with Gasteiger partial charge in [-0.05, 0) is 43.7 Å². The second-order valence-corrected chi connectivity index (χ2v) is 7.88. The number of rotatable bonds is 4. The van der Waals surface area contributed by atoms with E-state index in [9.17, 15) is 9.59 Å². The molecule has 0 radical (unpaired) electrons. The van der Waals surface area contributed by atoms with Crippen molar-refractivity contribution in [3.05, 3.63) is 47.2 Å². The van der Waals surface area contributed by atoms with Crippen molar-refractivity contribution in [3.8, 4) is 0 Å². The lowest BCUT2D eigenvalue weighted by Crippen LogP contribution is -2.32. The van der Waals surface area contributed by atoms with Gasteiger partial charge in [0, 0.05) is 18.5 Å². The molecule has 5 rings (SSSR count). The highest BCUT2D eigenvalue weighted by molar-refractivity contribution is 6.34. The first-order chi connectivity index (χ1) is 12.7. The highest BCUT2D eigenvalue weighted by atomic mass is 16.2. The summed E-state index contributed by atoms with van der Waals surface area (Å²) in [5.41, 5.74) is 2.03. The molecular weight excluding hydrogens is 326 g/mol. The Morgan fingerprint density at radius 3 is 2.19 bits per heavy atom. The van der Waals surface area contributed by atoms with E-state index in [0.717, 1.165) is 25.1 Å². The Morgan fingerprint density at radius 2 is 1.58 bits per heavy atom. The highest BCUT2D eigenvalue weighted by Crippen LogP contribution is 2.41. The van der Waals surface area contributed by atoms with Crippen LogP contribution in [-0.4, -0.2) is 21.6 Å². The van der Waals surface area contributed by atoms with E-state index in [-0.39, 0.29) is 11.8 Å². The Labute approximate surface area is 153 Å². The Balaban J connectivity index is 1.51. The summed E-state index contributed by atoms with van der Waals surface area (Å²) < 4.78 is 1.94. The summed E-state index contributed by atoms with van der Waals surface area (Å²) in [4.78, 5) is 27.2. The van der Waals surface area contributed by atoms with Crippen molar-refractivity contribution in [2.45, 2.75) is 57.4 Å². The van der Waals surface area contributed by atoms with Crippen molar-refractivity contribution in [1.82, 2.24) is 9.78 Å². The Kier molecular flexibility index (Phi) is 3.69. The maximum absolute atomic E-state index is 12.9. The van der Waals surface area contributed by atoms with E-state index in [1.54, 1.807) is 12.1 Å². The standard InChI is InChI=1S/C21H23N3O2/c25-20-16-8-4-5-9-17(16)21(26)24(20)19-12-18(15-10-11-15)22-23(19)13-14-6-2-1-3-7-14/h4-5,8-9,12,14-15H,1-3,6-7,10-11,13H2. The summed E-state index contributed by atoms with van der Waals surface area (Å²) in [6.07, 6.45) is 8.58. The van der Waals surface area contributed by atoms with Gasteiger partial charge in [-0.25, -0.2) is 9.58 Å². The fourth-order valence-corrected chi connectivity index (χ4v) is 4.33. The van der Waals surface area contributed by atoms with Gasteiger partial charge >= 0.3 is 0 Å². The van der Waals surface area contributed by atoms with Crippen LogP contribution in [0.3, 0.4) is 0 Å². The lowest BCUT2D eigenvalue weighted by atomic mass is 9.89. The summed E-state index contributed by atoms with van der Waals surface area (Å²) in [6.45, 7) is 0.801. The molecule has 2 amide bonds. The van der Waals surface area contributed by atoms with Gasteiger partial charge in [-0.15, -0.1) is 0 Å². The molecule has 1 aromatic heterocycles. The fourth-order valence-electron chi connectivity index (χ4n) is 4.33. The molecule has 2 heterocycles. The Bertz CT molecular complexity index is 840. The van der Waals surface area contributed by atoms with E-state index >= 15 is 0 Å². The second-order valence-electron chi connectivity index (χ2n) is 7.88. The number of hydrogen-bond acceptors (Lipinski definition) is 3. The molecule has 0 atom stereocenters. The summed E-state index contributed by atoms with van der Waals surface area (Å²) in [5, 5.41) is 4.81. The van der Waals surface area contributed by atoms with Crippen LogP contribution in [0, 0.1) is 5.92 Å². The van der Waals surface area contributed by atoms with Gasteiger partial charge in [0.1, 0.15) is 5.82 Å². The van der Waals surface area contributed by atoms with Crippen molar-refractivity contribution >= 4 is 17.6 Å². The van der Waals surface area contributed by atoms with Crippen LogP contribution in [0.1, 0.15) is 77.3 Å². The molecule has 0 bridgehead atoms. The smallest absolute Gasteiger partial charge is 0.267 e. The van der Waals surface area contributed by atoms with Crippen LogP contribution in [-0.2, 0) is 6.54 Å². The lowest BCUT2D eigenvalue weighted by Gasteiger charge is -2.23. The van der Waals surface area contributed by atoms with Crippen LogP contribution in [0.2, 0.25) is 0 Å². The average Bonchev–Trinajstić information content (AvgIpc) is 3.40. The van der Waals surface area contributed by atoms with Crippen molar-refractivity contribution in [3.63, 3.8) is 0 Å². The van der Waals surface area contributed by atoms with Crippen molar-refractivity contribution in [1.29, 1.82) is 0 Å². The van der Waals surface area contributed by atoms with E-state index in [2.05, 4.69) is 0 Å². The number of amides is 2. The third kappa shape index (κ3) is 2.57. The molecule has 5 heteroatoms. The molecule has 5 nitrogen and oxygen atoms in total. The molecule has 0 spiro atoms. The van der Waals surface area contributed by atoms with E-state index in [0.29, 0.717) is 28.8 Å². The normalized spacial score (nSPS) is 20.7. The van der Waals surface area contributed by atoms with Gasteiger partial charge < -0.3 is 0 Å². The minimum atomic E-state index is -0.224. The number of benzene rings is 1. The molecule has 3 aliphatic rings. The van der Waals surface area contributed by atoms with Crippen LogP contribution >= 0.6 is 0 Å². The van der Waals surface area contributed by atoms with Crippen LogP contribution in [0.4, 0.5) is 5.82 Å². The zero-order valence-corrected chi connectivity index (χ0v) is 14.9. The van der Waals surface area contributed by atoms with Gasteiger partial charge in [0.15, 0.2) is 0 Å². The van der Waals surface area contributed by atoms with Crippen molar-refractivity contribution in [2.24, 2.45) is 5.92 Å². The van der Waals surface area contributed by atoms with Crippen molar-refractivity contribution < 1.29 is 9.59 Å². The molecule has 2 saturated carbocycles. The first-order valence-electron chi connectivity index (χ1n) is 9.78. The van der Waals surface area contributed by atoms with E-state index in [1.807, 2.05) is 22.9 Å². The number of aromatic nitrogens is 2. The average molecular weight is 349 g/mol. The van der Waals surface area contributed by atoms with Gasteiger partial charge in [-0.1, -0.05) is 31.4 Å². The quantitative estimate of drug-likeness (QED) is 0.780. The van der Waals surface area contributed by atoms with Crippen LogP contribution in [0.5, 0.6) is 0 Å². The number of imide groups is 1. The predicted molar refractivity (Wildman–Crippen MR) is 98.4 cm³/mol. The minimum Gasteiger partial charge on any atom is -0.268 e. The van der Waals surface area contributed by atoms with E-state index in [1.165, 1.54) is 37.0 Å². The largest absolute Gasteiger partial charge is 0.268 e. The van der Waals surface area contributed by atoms with Crippen molar-refractivity contribution in [2.75, 3.05) is 4.90 Å². The number of carbonyl (C=O) groups is 2. The topological polar surface area (TPSA) is 55.2 Å². The first-order valence-corrected chi connectivity index (χ1v) is 9.78. The molecule has 1 aliphatic heterocycles. The summed E-state index contributed by atoms with van der Waals surface area (Å²) >= 11 is 0. The second kappa shape index (κ2) is 6.08. The van der Waals surface area contributed by atoms with Gasteiger partial charge in [0.2, 0.25) is 0 Å². The Hall–Kier alpha value is -2.43. The molecule has 0 N–H and O–H groups in total. The summed E-state index contributed by atoms with van der Waals surface area (Å²) in [6, 6.07) is 9.06. The molecule has 26 heavy (non-hydrogen) atoms. The fraction of sp³-hybridized carbons (Fsp3) is 0.476. The van der Waals surface area contributed by atoms with Crippen LogP contribution in [0.15, 0.2) is 30.3 Å². The third-order valence-corrected chi connectivity index (χ3v) is 5.95. The zero-order chi connectivity index (χ0) is 17.7. The molecule has 2 fully saturated rings. The zero-order valence-electron chi connectivity index (χ0n) is 14.9. The number of fused-ring (bicyclic) bond motifs is 1. The molecule has 134 valence electrons. The maximum atomic E-state index is 12.9. The highest BCUT2D eigenvalue weighted by Gasteiger charge is 2.39. The third-order valence-electron chi connectivity index (χ3n) is 5.95. The van der Waals surface area contributed by atoms with Crippen LogP contribution in [0.25, 0.3) is 0 Å². The molecular formula is C21H23N3O2. The first kappa shape index (κ1) is 15.8. The van der Waals surface area contributed by atoms with Gasteiger partial charge in [0.25, 0.3) is 11.8 Å². The van der Waals surface area contributed by atoms with Gasteiger partial charge in [-0.2, -0.15) is 5.10 Å². The molecule has 2 aromatic rings. The number of carbonyl (C=O) groups excluding carboxylic acids is 2. The lowest BCUT2D eigenvalue weighted by molar-refractivity contribution is 0.0923. The molecule has 0 unspecified atom stereocenters. The SMILES string of the molecule is O=C1c2ccccc2C(=O)N1c1cc(C2CC2)nn1CC1CCCCC1. The summed E-state index contributed by atoms with van der Waals surface area (Å²) in [7, 11) is 0. The molecule has 1 aromatic carbocycles. The van der Waals surface area contributed by atoms with E-state index in [4.69, 9.17) is 5.10 Å².